The van der Waals surface area contributed by atoms with Crippen LogP contribution in [0.15, 0.2) is 0 Å². The summed E-state index contributed by atoms with van der Waals surface area (Å²) in [5, 5.41) is 0. The Morgan fingerprint density at radius 2 is 1.73 bits per heavy atom. The third kappa shape index (κ3) is 3.21. The summed E-state index contributed by atoms with van der Waals surface area (Å²) in [6.07, 6.45) is 2.81. The van der Waals surface area contributed by atoms with Crippen LogP contribution in [0.2, 0.25) is 0 Å². The number of quaternary nitrogens is 1. The average molecular weight is 159 g/mol. The molecular weight excluding hydrogens is 138 g/mol. The van der Waals surface area contributed by atoms with Gasteiger partial charge in [0.05, 0.1) is 27.2 Å². The Morgan fingerprint density at radius 3 is 2.00 bits per heavy atom. The fourth-order valence-corrected chi connectivity index (χ4v) is 2.30. The first-order valence-corrected chi connectivity index (χ1v) is 4.23. The number of hydrogen-bond donors (Lipinski definition) is 0. The number of hydrogen-bond acceptors (Lipinski definition) is 1. The number of piperidine rings is 1. The highest BCUT2D eigenvalue weighted by Crippen LogP contribution is 2.30. The first-order chi connectivity index (χ1) is 4.41. The molecule has 68 valence electrons. The van der Waals surface area contributed by atoms with Crippen molar-refractivity contribution in [1.82, 2.24) is 0 Å². The van der Waals surface area contributed by atoms with Crippen LogP contribution in [0.3, 0.4) is 0 Å². The Kier molecular flexibility index (Phi) is 3.09. The summed E-state index contributed by atoms with van der Waals surface area (Å²) >= 11 is 0. The van der Waals surface area contributed by atoms with Crippen LogP contribution in [-0.4, -0.2) is 37.1 Å². The smallest absolute Gasteiger partial charge is 0.0834 e. The standard InChI is InChI=1S/C9H20N.H2O/c1-9(2)6-5-7-10(3,4)8-9;/h5-8H2,1-4H3;1H2/q+1;/p-1. The van der Waals surface area contributed by atoms with Gasteiger partial charge in [0.1, 0.15) is 0 Å². The van der Waals surface area contributed by atoms with Gasteiger partial charge < -0.3 is 9.96 Å². The van der Waals surface area contributed by atoms with Crippen molar-refractivity contribution < 1.29 is 9.96 Å². The Labute approximate surface area is 70.1 Å². The zero-order valence-corrected chi connectivity index (χ0v) is 8.22. The van der Waals surface area contributed by atoms with Gasteiger partial charge in [0.2, 0.25) is 0 Å². The van der Waals surface area contributed by atoms with Crippen molar-refractivity contribution in [3.8, 4) is 0 Å². The molecule has 2 heteroatoms. The maximum atomic E-state index is 2.38. The number of likely N-dealkylation sites (tertiary alicyclic amines) is 1. The SMILES string of the molecule is CC1(C)CCC[N+](C)(C)C1.[OH-]. The quantitative estimate of drug-likeness (QED) is 0.495. The molecule has 0 bridgehead atoms. The summed E-state index contributed by atoms with van der Waals surface area (Å²) in [6.45, 7) is 7.47. The molecule has 0 aromatic rings. The molecule has 0 atom stereocenters. The Balaban J connectivity index is 0.000001000. The third-order valence-electron chi connectivity index (χ3n) is 2.47. The minimum Gasteiger partial charge on any atom is -0.870 e. The molecule has 0 saturated carbocycles. The van der Waals surface area contributed by atoms with Crippen LogP contribution >= 0.6 is 0 Å². The summed E-state index contributed by atoms with van der Waals surface area (Å²) in [6, 6.07) is 0. The van der Waals surface area contributed by atoms with Crippen LogP contribution in [0.25, 0.3) is 0 Å². The van der Waals surface area contributed by atoms with Crippen molar-refractivity contribution in [2.45, 2.75) is 26.7 Å². The molecule has 1 saturated heterocycles. The van der Waals surface area contributed by atoms with Crippen molar-refractivity contribution in [3.05, 3.63) is 0 Å². The molecule has 1 aliphatic rings. The van der Waals surface area contributed by atoms with Gasteiger partial charge in [-0.25, -0.2) is 0 Å². The van der Waals surface area contributed by atoms with E-state index < -0.39 is 0 Å². The fraction of sp³-hybridized carbons (Fsp3) is 1.00. The van der Waals surface area contributed by atoms with Gasteiger partial charge in [-0.05, 0) is 12.8 Å². The molecule has 1 fully saturated rings. The van der Waals surface area contributed by atoms with Crippen molar-refractivity contribution in [2.24, 2.45) is 5.41 Å². The summed E-state index contributed by atoms with van der Waals surface area (Å²) < 4.78 is 1.22. The van der Waals surface area contributed by atoms with Gasteiger partial charge in [-0.1, -0.05) is 13.8 Å². The molecule has 1 aliphatic heterocycles. The van der Waals surface area contributed by atoms with Crippen molar-refractivity contribution in [2.75, 3.05) is 27.2 Å². The molecule has 0 unspecified atom stereocenters. The lowest BCUT2D eigenvalue weighted by atomic mass is 9.83. The van der Waals surface area contributed by atoms with E-state index in [1.165, 1.54) is 30.4 Å². The number of rotatable bonds is 0. The Bertz CT molecular complexity index is 116. The monoisotopic (exact) mass is 159 g/mol. The minimum atomic E-state index is 0. The number of nitrogens with zero attached hydrogens (tertiary/aromatic N) is 1. The summed E-state index contributed by atoms with van der Waals surface area (Å²) in [4.78, 5) is 0. The predicted octanol–water partition coefficient (Wildman–Crippen LogP) is 1.71. The fourth-order valence-electron chi connectivity index (χ4n) is 2.30. The van der Waals surface area contributed by atoms with Crippen LogP contribution in [-0.2, 0) is 0 Å². The zero-order valence-electron chi connectivity index (χ0n) is 8.22. The van der Waals surface area contributed by atoms with E-state index in [4.69, 9.17) is 0 Å². The van der Waals surface area contributed by atoms with E-state index in [1.807, 2.05) is 0 Å². The molecule has 1 N–H and O–H groups in total. The predicted molar refractivity (Wildman–Crippen MR) is 46.8 cm³/mol. The van der Waals surface area contributed by atoms with Gasteiger partial charge in [-0.15, -0.1) is 0 Å². The molecule has 0 aromatic carbocycles. The Morgan fingerprint density at radius 1 is 1.18 bits per heavy atom. The molecule has 0 radical (unpaired) electrons. The van der Waals surface area contributed by atoms with Crippen molar-refractivity contribution in [1.29, 1.82) is 0 Å². The van der Waals surface area contributed by atoms with Crippen LogP contribution in [0.5, 0.6) is 0 Å². The summed E-state index contributed by atoms with van der Waals surface area (Å²) in [7, 11) is 4.67. The van der Waals surface area contributed by atoms with E-state index >= 15 is 0 Å². The third-order valence-corrected chi connectivity index (χ3v) is 2.47. The van der Waals surface area contributed by atoms with Crippen LogP contribution in [0.1, 0.15) is 26.7 Å². The van der Waals surface area contributed by atoms with Gasteiger partial charge in [-0.3, -0.25) is 0 Å². The van der Waals surface area contributed by atoms with Crippen molar-refractivity contribution in [3.63, 3.8) is 0 Å². The minimum absolute atomic E-state index is 0. The van der Waals surface area contributed by atoms with Crippen LogP contribution in [0, 0.1) is 5.41 Å². The highest BCUT2D eigenvalue weighted by molar-refractivity contribution is 4.71. The van der Waals surface area contributed by atoms with E-state index in [0.29, 0.717) is 5.41 Å². The Hall–Kier alpha value is -0.0800. The molecule has 11 heavy (non-hydrogen) atoms. The van der Waals surface area contributed by atoms with E-state index in [-0.39, 0.29) is 5.48 Å². The van der Waals surface area contributed by atoms with Crippen LogP contribution < -0.4 is 0 Å². The molecule has 0 amide bonds. The summed E-state index contributed by atoms with van der Waals surface area (Å²) in [5.74, 6) is 0. The largest absolute Gasteiger partial charge is 0.870 e. The van der Waals surface area contributed by atoms with E-state index in [1.54, 1.807) is 0 Å². The van der Waals surface area contributed by atoms with Crippen molar-refractivity contribution >= 4 is 0 Å². The highest BCUT2D eigenvalue weighted by atomic mass is 16.0. The first kappa shape index (κ1) is 10.9. The first-order valence-electron chi connectivity index (χ1n) is 4.23. The van der Waals surface area contributed by atoms with Gasteiger partial charge >= 0.3 is 0 Å². The second-order valence-electron chi connectivity index (χ2n) is 5.09. The molecule has 1 heterocycles. The second-order valence-corrected chi connectivity index (χ2v) is 5.09. The van der Waals surface area contributed by atoms with E-state index in [0.717, 1.165) is 0 Å². The maximum Gasteiger partial charge on any atom is 0.0834 e. The van der Waals surface area contributed by atoms with E-state index in [9.17, 15) is 0 Å². The summed E-state index contributed by atoms with van der Waals surface area (Å²) in [5.41, 5.74) is 0.585. The molecule has 2 nitrogen and oxygen atoms in total. The second kappa shape index (κ2) is 3.11. The van der Waals surface area contributed by atoms with E-state index in [2.05, 4.69) is 27.9 Å². The lowest BCUT2D eigenvalue weighted by Crippen LogP contribution is -2.50. The molecule has 0 aliphatic carbocycles. The maximum absolute atomic E-state index is 2.38. The van der Waals surface area contributed by atoms with Crippen LogP contribution in [0.4, 0.5) is 0 Å². The molecule has 1 rings (SSSR count). The average Bonchev–Trinajstić information content (AvgIpc) is 1.56. The molecule has 0 spiro atoms. The molecule has 0 aromatic heterocycles. The topological polar surface area (TPSA) is 30.0 Å². The lowest BCUT2D eigenvalue weighted by Gasteiger charge is -2.42. The molecular formula is C9H21NO. The van der Waals surface area contributed by atoms with Gasteiger partial charge in [-0.2, -0.15) is 0 Å². The van der Waals surface area contributed by atoms with Gasteiger partial charge in [0, 0.05) is 5.41 Å². The lowest BCUT2D eigenvalue weighted by molar-refractivity contribution is -0.902. The van der Waals surface area contributed by atoms with Gasteiger partial charge in [0.25, 0.3) is 0 Å². The van der Waals surface area contributed by atoms with Gasteiger partial charge in [0.15, 0.2) is 0 Å². The zero-order chi connectivity index (χ0) is 7.83. The normalized spacial score (nSPS) is 27.3. The highest BCUT2D eigenvalue weighted by Gasteiger charge is 2.32.